The monoisotopic (exact) mass is 360 g/mol. The van der Waals surface area contributed by atoms with Crippen molar-refractivity contribution in [3.8, 4) is 0 Å². The minimum absolute atomic E-state index is 0.214. The lowest BCUT2D eigenvalue weighted by atomic mass is 10.1. The Kier molecular flexibility index (Phi) is 5.71. The molecule has 1 rings (SSSR count). The molecule has 1 aromatic carbocycles. The second-order valence-electron chi connectivity index (χ2n) is 3.63. The first-order valence-electron chi connectivity index (χ1n) is 5.10. The van der Waals surface area contributed by atoms with Crippen LogP contribution in [0.1, 0.15) is 11.1 Å². The van der Waals surface area contributed by atoms with E-state index >= 15 is 0 Å². The van der Waals surface area contributed by atoms with Crippen LogP contribution in [-0.2, 0) is 0 Å². The topological polar surface area (TPSA) is 41.1 Å². The third-order valence-corrected chi connectivity index (χ3v) is 3.93. The van der Waals surface area contributed by atoms with Gasteiger partial charge in [-0.2, -0.15) is 0 Å². The number of anilines is 1. The molecule has 1 aromatic rings. The van der Waals surface area contributed by atoms with Crippen LogP contribution in [0.5, 0.6) is 0 Å². The Balaban J connectivity index is 2.62. The van der Waals surface area contributed by atoms with Crippen molar-refractivity contribution in [3.63, 3.8) is 0 Å². The highest BCUT2D eigenvalue weighted by atomic mass is 79.9. The molecule has 0 heterocycles. The number of benzene rings is 1. The number of urea groups is 1. The molecule has 0 saturated carbocycles. The summed E-state index contributed by atoms with van der Waals surface area (Å²) in [7, 11) is 0. The molecule has 17 heavy (non-hydrogen) atoms. The molecule has 0 spiro atoms. The third kappa shape index (κ3) is 4.52. The average Bonchev–Trinajstić information content (AvgIpc) is 2.31. The lowest BCUT2D eigenvalue weighted by Gasteiger charge is -2.12. The van der Waals surface area contributed by atoms with Crippen LogP contribution in [0.2, 0.25) is 0 Å². The second-order valence-corrected chi connectivity index (χ2v) is 5.11. The van der Waals surface area contributed by atoms with E-state index in [1.54, 1.807) is 4.99 Å². The normalized spacial score (nSPS) is 11.2. The quantitative estimate of drug-likeness (QED) is 0.837. The Labute approximate surface area is 118 Å². The number of halogens is 2. The Hall–Kier alpha value is -0.810. The van der Waals surface area contributed by atoms with Gasteiger partial charge in [-0.15, -0.1) is 0 Å². The Bertz CT molecular complexity index is 424. The summed E-state index contributed by atoms with van der Waals surface area (Å²) in [4.78, 5) is 13.4. The molecule has 0 saturated heterocycles. The molecule has 0 aliphatic carbocycles. The van der Waals surface area contributed by atoms with Crippen LogP contribution >= 0.6 is 31.9 Å². The molecule has 92 valence electrons. The van der Waals surface area contributed by atoms with Gasteiger partial charge in [-0.05, 0) is 30.0 Å². The first-order valence-corrected chi connectivity index (χ1v) is 6.81. The first kappa shape index (κ1) is 14.3. The molecule has 0 radical (unpaired) electrons. The van der Waals surface area contributed by atoms with Crippen LogP contribution in [0.15, 0.2) is 27.7 Å². The smallest absolute Gasteiger partial charge is 0.319 e. The van der Waals surface area contributed by atoms with Gasteiger partial charge in [0.1, 0.15) is 0 Å². The van der Waals surface area contributed by atoms with E-state index in [4.69, 9.17) is 0 Å². The number of para-hydroxylation sites is 1. The maximum absolute atomic E-state index is 11.7. The molecular formula is C12H14Br2N2O. The van der Waals surface area contributed by atoms with Crippen molar-refractivity contribution < 1.29 is 4.79 Å². The molecule has 0 aliphatic heterocycles. The number of hydrogen-bond acceptors (Lipinski definition) is 1. The van der Waals surface area contributed by atoms with Crippen LogP contribution in [0.25, 0.3) is 0 Å². The van der Waals surface area contributed by atoms with E-state index in [1.807, 2.05) is 32.0 Å². The molecule has 0 fully saturated rings. The van der Waals surface area contributed by atoms with Crippen molar-refractivity contribution in [3.05, 3.63) is 38.8 Å². The molecule has 0 aromatic heterocycles. The summed E-state index contributed by atoms with van der Waals surface area (Å²) in [6.07, 6.45) is 0. The van der Waals surface area contributed by atoms with Gasteiger partial charge in [0.15, 0.2) is 0 Å². The van der Waals surface area contributed by atoms with E-state index in [2.05, 4.69) is 42.5 Å². The Morgan fingerprint density at radius 2 is 1.94 bits per heavy atom. The predicted molar refractivity (Wildman–Crippen MR) is 78.9 cm³/mol. The summed E-state index contributed by atoms with van der Waals surface area (Å²) >= 11 is 6.47. The summed E-state index contributed by atoms with van der Waals surface area (Å²) < 4.78 is 0.870. The van der Waals surface area contributed by atoms with Gasteiger partial charge < -0.3 is 10.6 Å². The largest absolute Gasteiger partial charge is 0.333 e. The number of carbonyl (C=O) groups excluding carboxylic acids is 1. The summed E-state index contributed by atoms with van der Waals surface area (Å²) in [6.45, 7) is 4.38. The lowest BCUT2D eigenvalue weighted by molar-refractivity contribution is 0.253. The molecule has 0 unspecified atom stereocenters. The average molecular weight is 362 g/mol. The number of carbonyl (C=O) groups is 1. The number of hydrogen-bond donors (Lipinski definition) is 2. The van der Waals surface area contributed by atoms with Gasteiger partial charge in [-0.25, -0.2) is 4.79 Å². The van der Waals surface area contributed by atoms with Crippen molar-refractivity contribution in [2.45, 2.75) is 13.8 Å². The van der Waals surface area contributed by atoms with Crippen molar-refractivity contribution in [1.29, 1.82) is 0 Å². The highest BCUT2D eigenvalue weighted by Crippen LogP contribution is 2.19. The summed E-state index contributed by atoms with van der Waals surface area (Å²) in [6, 6.07) is 5.69. The highest BCUT2D eigenvalue weighted by molar-refractivity contribution is 9.14. The summed E-state index contributed by atoms with van der Waals surface area (Å²) in [5.74, 6) is 0. The van der Waals surface area contributed by atoms with Crippen molar-refractivity contribution in [2.24, 2.45) is 0 Å². The zero-order valence-electron chi connectivity index (χ0n) is 9.68. The standard InChI is InChI=1S/C12H14Br2N2O/c1-8-4-3-5-9(2)11(8)16-12(17)15-7-10(14)6-13/h3-6H,7H2,1-2H3,(H2,15,16,17)/b10-6+. The number of rotatable bonds is 3. The SMILES string of the molecule is Cc1cccc(C)c1NC(=O)NC/C(Br)=C\Br. The van der Waals surface area contributed by atoms with E-state index < -0.39 is 0 Å². The number of amides is 2. The highest BCUT2D eigenvalue weighted by Gasteiger charge is 2.06. The van der Waals surface area contributed by atoms with Crippen LogP contribution in [0.4, 0.5) is 10.5 Å². The summed E-state index contributed by atoms with van der Waals surface area (Å²) in [5.41, 5.74) is 2.97. The molecule has 3 nitrogen and oxygen atoms in total. The zero-order chi connectivity index (χ0) is 12.8. The van der Waals surface area contributed by atoms with Gasteiger partial charge in [0.25, 0.3) is 0 Å². The molecule has 0 aliphatic rings. The van der Waals surface area contributed by atoms with E-state index in [-0.39, 0.29) is 6.03 Å². The minimum Gasteiger partial charge on any atom is -0.333 e. The van der Waals surface area contributed by atoms with Crippen LogP contribution in [0, 0.1) is 13.8 Å². The van der Waals surface area contributed by atoms with Gasteiger partial charge in [0.2, 0.25) is 0 Å². The van der Waals surface area contributed by atoms with Crippen molar-refractivity contribution >= 4 is 43.6 Å². The summed E-state index contributed by atoms with van der Waals surface area (Å²) in [5, 5.41) is 5.59. The van der Waals surface area contributed by atoms with Crippen molar-refractivity contribution in [2.75, 3.05) is 11.9 Å². The molecule has 2 N–H and O–H groups in total. The molecule has 0 atom stereocenters. The Morgan fingerprint density at radius 1 is 1.35 bits per heavy atom. The minimum atomic E-state index is -0.214. The third-order valence-electron chi connectivity index (χ3n) is 2.26. The van der Waals surface area contributed by atoms with E-state index in [1.165, 1.54) is 0 Å². The molecule has 0 bridgehead atoms. The lowest BCUT2D eigenvalue weighted by Crippen LogP contribution is -2.30. The molecular weight excluding hydrogens is 348 g/mol. The molecule has 5 heteroatoms. The van der Waals surface area contributed by atoms with Gasteiger partial charge in [0.05, 0.1) is 6.54 Å². The Morgan fingerprint density at radius 3 is 2.47 bits per heavy atom. The zero-order valence-corrected chi connectivity index (χ0v) is 12.9. The fraction of sp³-hybridized carbons (Fsp3) is 0.250. The van der Waals surface area contributed by atoms with Crippen LogP contribution in [-0.4, -0.2) is 12.6 Å². The van der Waals surface area contributed by atoms with Crippen LogP contribution in [0.3, 0.4) is 0 Å². The van der Waals surface area contributed by atoms with Gasteiger partial charge in [-0.1, -0.05) is 50.1 Å². The van der Waals surface area contributed by atoms with Gasteiger partial charge in [0, 0.05) is 10.2 Å². The van der Waals surface area contributed by atoms with Gasteiger partial charge >= 0.3 is 6.03 Å². The van der Waals surface area contributed by atoms with E-state index in [9.17, 15) is 4.79 Å². The fourth-order valence-corrected chi connectivity index (χ4v) is 1.67. The van der Waals surface area contributed by atoms with Gasteiger partial charge in [-0.3, -0.25) is 0 Å². The molecule has 2 amide bonds. The fourth-order valence-electron chi connectivity index (χ4n) is 1.37. The predicted octanol–water partition coefficient (Wildman–Crippen LogP) is 4.06. The van der Waals surface area contributed by atoms with E-state index in [0.29, 0.717) is 6.54 Å². The number of aryl methyl sites for hydroxylation is 2. The second kappa shape index (κ2) is 6.81. The first-order chi connectivity index (χ1) is 8.04. The maximum atomic E-state index is 11.7. The number of nitrogens with one attached hydrogen (secondary N) is 2. The van der Waals surface area contributed by atoms with Crippen LogP contribution < -0.4 is 10.6 Å². The van der Waals surface area contributed by atoms with Crippen molar-refractivity contribution in [1.82, 2.24) is 5.32 Å². The van der Waals surface area contributed by atoms with E-state index in [0.717, 1.165) is 21.3 Å². The maximum Gasteiger partial charge on any atom is 0.319 e.